The molecule has 9 nitrogen and oxygen atoms in total. The van der Waals surface area contributed by atoms with E-state index in [1.54, 1.807) is 18.2 Å². The van der Waals surface area contributed by atoms with E-state index in [1.807, 2.05) is 12.1 Å². The summed E-state index contributed by atoms with van der Waals surface area (Å²) in [7, 11) is 0. The number of pyridine rings is 1. The quantitative estimate of drug-likeness (QED) is 0.427. The highest BCUT2D eigenvalue weighted by Crippen LogP contribution is 2.40. The summed E-state index contributed by atoms with van der Waals surface area (Å²) >= 11 is 6.53. The van der Waals surface area contributed by atoms with Gasteiger partial charge in [-0.3, -0.25) is 24.2 Å². The number of hydrogen-bond donors (Lipinski definition) is 1. The third kappa shape index (κ3) is 5.65. The first-order chi connectivity index (χ1) is 20.1. The summed E-state index contributed by atoms with van der Waals surface area (Å²) in [5.41, 5.74) is 0.815. The summed E-state index contributed by atoms with van der Waals surface area (Å²) in [6, 6.07) is 15.8. The van der Waals surface area contributed by atoms with Crippen molar-refractivity contribution in [2.24, 2.45) is 0 Å². The minimum absolute atomic E-state index is 0.00105. The number of rotatable bonds is 7. The minimum Gasteiger partial charge on any atom is -0.351 e. The lowest BCUT2D eigenvalue weighted by Gasteiger charge is -2.39. The van der Waals surface area contributed by atoms with E-state index in [1.165, 1.54) is 53.6 Å². The fourth-order valence-corrected chi connectivity index (χ4v) is 5.49. The highest BCUT2D eigenvalue weighted by atomic mass is 35.5. The Bertz CT molecular complexity index is 1640. The maximum atomic E-state index is 14.5. The van der Waals surface area contributed by atoms with Crippen LogP contribution < -0.4 is 15.1 Å². The van der Waals surface area contributed by atoms with E-state index in [4.69, 9.17) is 11.6 Å². The van der Waals surface area contributed by atoms with Gasteiger partial charge in [-0.2, -0.15) is 10.5 Å². The van der Waals surface area contributed by atoms with Crippen LogP contribution in [0.4, 0.5) is 20.3 Å². The van der Waals surface area contributed by atoms with Crippen molar-refractivity contribution in [1.82, 2.24) is 10.3 Å². The Labute approximate surface area is 244 Å². The maximum absolute atomic E-state index is 14.5. The van der Waals surface area contributed by atoms with Gasteiger partial charge in [-0.25, -0.2) is 13.8 Å². The van der Waals surface area contributed by atoms with Crippen LogP contribution >= 0.6 is 11.6 Å². The van der Waals surface area contributed by atoms with E-state index in [2.05, 4.69) is 10.3 Å². The first-order valence-electron chi connectivity index (χ1n) is 13.1. The van der Waals surface area contributed by atoms with Gasteiger partial charge in [0.15, 0.2) is 0 Å². The monoisotopic (exact) mass is 588 g/mol. The van der Waals surface area contributed by atoms with Crippen molar-refractivity contribution in [2.45, 2.75) is 49.7 Å². The number of hydrogen-bond acceptors (Lipinski definition) is 6. The number of amides is 3. The molecule has 3 amide bonds. The van der Waals surface area contributed by atoms with E-state index >= 15 is 0 Å². The second-order valence-corrected chi connectivity index (χ2v) is 10.5. The summed E-state index contributed by atoms with van der Waals surface area (Å²) in [6.07, 6.45) is 0.343. The van der Waals surface area contributed by atoms with Crippen molar-refractivity contribution in [3.63, 3.8) is 0 Å². The van der Waals surface area contributed by atoms with Crippen molar-refractivity contribution >= 4 is 40.8 Å². The highest BCUT2D eigenvalue weighted by molar-refractivity contribution is 6.31. The van der Waals surface area contributed by atoms with Crippen LogP contribution in [0.3, 0.4) is 0 Å². The summed E-state index contributed by atoms with van der Waals surface area (Å²) in [4.78, 5) is 48.0. The molecule has 0 radical (unpaired) electrons. The largest absolute Gasteiger partial charge is 0.351 e. The predicted molar refractivity (Wildman–Crippen MR) is 148 cm³/mol. The van der Waals surface area contributed by atoms with E-state index in [0.29, 0.717) is 0 Å². The van der Waals surface area contributed by atoms with Gasteiger partial charge in [-0.15, -0.1) is 0 Å². The molecule has 2 fully saturated rings. The van der Waals surface area contributed by atoms with Crippen LogP contribution in [0.25, 0.3) is 0 Å². The van der Waals surface area contributed by atoms with E-state index < -0.39 is 54.6 Å². The lowest BCUT2D eigenvalue weighted by molar-refractivity contribution is -0.133. The van der Waals surface area contributed by atoms with E-state index in [9.17, 15) is 33.7 Å². The van der Waals surface area contributed by atoms with Crippen LogP contribution in [0.15, 0.2) is 66.9 Å². The summed E-state index contributed by atoms with van der Waals surface area (Å²) in [5, 5.41) is 21.7. The molecule has 2 aromatic carbocycles. The topological polar surface area (TPSA) is 130 Å². The van der Waals surface area contributed by atoms with Crippen LogP contribution in [-0.4, -0.2) is 40.7 Å². The second kappa shape index (κ2) is 11.6. The number of nitriles is 2. The van der Waals surface area contributed by atoms with Gasteiger partial charge in [0.05, 0.1) is 23.3 Å². The number of benzene rings is 2. The molecular formula is C30H23ClF2N6O3. The summed E-state index contributed by atoms with van der Waals surface area (Å²) in [6.45, 7) is 0. The molecule has 1 saturated carbocycles. The third-order valence-corrected chi connectivity index (χ3v) is 7.60. The van der Waals surface area contributed by atoms with Crippen LogP contribution in [-0.2, 0) is 14.4 Å². The summed E-state index contributed by atoms with van der Waals surface area (Å²) < 4.78 is 27.3. The van der Waals surface area contributed by atoms with Gasteiger partial charge in [-0.1, -0.05) is 35.9 Å². The Morgan fingerprint density at radius 3 is 2.48 bits per heavy atom. The average molecular weight is 589 g/mol. The Balaban J connectivity index is 1.62. The molecule has 0 spiro atoms. The standard InChI is InChI=1S/C30H23ClF2N6O3/c31-23-7-2-1-6-22(23)27(28(41)37-20-14-30(32,33)15-20)38(21-5-3-4-18(12-21)16-34)29(42)24-8-9-26(40)39(24)25-13-19(17-35)10-11-36-25/h1-7,10-13,20,24,27H,8-9,14-15H2,(H,37,41)/t24?,27-/m0/s1. The van der Waals surface area contributed by atoms with Crippen molar-refractivity contribution < 1.29 is 23.2 Å². The minimum atomic E-state index is -2.90. The normalized spacial score (nSPS) is 18.4. The molecule has 1 unspecified atom stereocenters. The van der Waals surface area contributed by atoms with Gasteiger partial charge in [0, 0.05) is 47.8 Å². The molecule has 42 heavy (non-hydrogen) atoms. The highest BCUT2D eigenvalue weighted by Gasteiger charge is 2.48. The SMILES string of the molecule is N#Cc1cccc(N(C(=O)C2CCC(=O)N2c2cc(C#N)ccn2)[C@H](C(=O)NC2CC(F)(F)C2)c2ccccc2Cl)c1. The second-order valence-electron chi connectivity index (χ2n) is 10.1. The Kier molecular flexibility index (Phi) is 7.88. The number of nitrogens with one attached hydrogen (secondary N) is 1. The van der Waals surface area contributed by atoms with Gasteiger partial charge in [0.25, 0.3) is 11.8 Å². The number of alkyl halides is 2. The molecule has 1 aliphatic carbocycles. The average Bonchev–Trinajstić information content (AvgIpc) is 3.36. The zero-order valence-corrected chi connectivity index (χ0v) is 22.8. The molecular weight excluding hydrogens is 566 g/mol. The van der Waals surface area contributed by atoms with E-state index in [0.717, 1.165) is 4.90 Å². The van der Waals surface area contributed by atoms with E-state index in [-0.39, 0.29) is 46.1 Å². The first kappa shape index (κ1) is 28.7. The van der Waals surface area contributed by atoms with Crippen LogP contribution in [0, 0.1) is 22.7 Å². The van der Waals surface area contributed by atoms with Gasteiger partial charge in [-0.05, 0) is 42.8 Å². The zero-order valence-electron chi connectivity index (χ0n) is 22.0. The van der Waals surface area contributed by atoms with Crippen molar-refractivity contribution in [3.05, 3.63) is 88.6 Å². The number of carbonyl (C=O) groups is 3. The first-order valence-corrected chi connectivity index (χ1v) is 13.4. The molecule has 0 bridgehead atoms. The Morgan fingerprint density at radius 2 is 1.79 bits per heavy atom. The number of nitrogens with zero attached hydrogens (tertiary/aromatic N) is 5. The molecule has 5 rings (SSSR count). The fraction of sp³-hybridized carbons (Fsp3) is 0.267. The fourth-order valence-electron chi connectivity index (χ4n) is 5.25. The van der Waals surface area contributed by atoms with Crippen LogP contribution in [0.5, 0.6) is 0 Å². The lowest BCUT2D eigenvalue weighted by atomic mass is 9.87. The molecule has 1 saturated heterocycles. The zero-order chi connectivity index (χ0) is 30.0. The van der Waals surface area contributed by atoms with Gasteiger partial charge >= 0.3 is 0 Å². The Morgan fingerprint density at radius 1 is 1.07 bits per heavy atom. The third-order valence-electron chi connectivity index (χ3n) is 7.25. The van der Waals surface area contributed by atoms with Crippen molar-refractivity contribution in [2.75, 3.05) is 9.80 Å². The molecule has 1 aliphatic heterocycles. The smallest absolute Gasteiger partial charge is 0.252 e. The molecule has 212 valence electrons. The van der Waals surface area contributed by atoms with Gasteiger partial charge < -0.3 is 5.32 Å². The molecule has 2 heterocycles. The number of carbonyl (C=O) groups excluding carboxylic acids is 3. The Hall–Kier alpha value is -4.87. The van der Waals surface area contributed by atoms with Gasteiger partial charge in [0.2, 0.25) is 11.8 Å². The molecule has 3 aromatic rings. The molecule has 12 heteroatoms. The van der Waals surface area contributed by atoms with Crippen LogP contribution in [0.2, 0.25) is 5.02 Å². The predicted octanol–water partition coefficient (Wildman–Crippen LogP) is 4.66. The summed E-state index contributed by atoms with van der Waals surface area (Å²) in [5.74, 6) is -4.64. The number of aromatic nitrogens is 1. The van der Waals surface area contributed by atoms with Crippen LogP contribution in [0.1, 0.15) is 48.4 Å². The molecule has 1 N–H and O–H groups in total. The van der Waals surface area contributed by atoms with Crippen molar-refractivity contribution in [3.8, 4) is 12.1 Å². The maximum Gasteiger partial charge on any atom is 0.252 e. The number of anilines is 2. The van der Waals surface area contributed by atoms with Gasteiger partial charge in [0.1, 0.15) is 17.9 Å². The molecule has 2 atom stereocenters. The molecule has 1 aromatic heterocycles. The van der Waals surface area contributed by atoms with Crippen molar-refractivity contribution in [1.29, 1.82) is 10.5 Å². The molecule has 2 aliphatic rings. The lowest BCUT2D eigenvalue weighted by Crippen LogP contribution is -2.56. The number of halogens is 3.